The Hall–Kier alpha value is -1.63. The molecule has 0 unspecified atom stereocenters. The normalized spacial score (nSPS) is 10.2. The highest BCUT2D eigenvalue weighted by atomic mass is 35.5. The molecule has 1 aromatic carbocycles. The topological polar surface area (TPSA) is 77.2 Å². The molecule has 2 aromatic rings. The Balaban J connectivity index is 2.42. The van der Waals surface area contributed by atoms with Crippen molar-refractivity contribution < 1.29 is 9.53 Å². The Bertz CT molecular complexity index is 585. The van der Waals surface area contributed by atoms with Crippen molar-refractivity contribution in [2.75, 3.05) is 7.11 Å². The highest BCUT2D eigenvalue weighted by Gasteiger charge is 2.13. The lowest BCUT2D eigenvalue weighted by Gasteiger charge is -2.05. The lowest BCUT2D eigenvalue weighted by Crippen LogP contribution is -2.29. The number of hydrazine groups is 1. The zero-order chi connectivity index (χ0) is 13.1. The van der Waals surface area contributed by atoms with Gasteiger partial charge in [0.1, 0.15) is 10.6 Å². The Labute approximate surface area is 113 Å². The summed E-state index contributed by atoms with van der Waals surface area (Å²) < 4.78 is 9.43. The van der Waals surface area contributed by atoms with E-state index >= 15 is 0 Å². The molecule has 18 heavy (non-hydrogen) atoms. The molecule has 1 amide bonds. The average molecular weight is 284 g/mol. The fourth-order valence-corrected chi connectivity index (χ4v) is 2.27. The summed E-state index contributed by atoms with van der Waals surface area (Å²) >= 11 is 6.95. The van der Waals surface area contributed by atoms with Crippen LogP contribution in [0.2, 0.25) is 5.02 Å². The second-order valence-corrected chi connectivity index (χ2v) is 4.64. The van der Waals surface area contributed by atoms with E-state index in [1.165, 1.54) is 0 Å². The summed E-state index contributed by atoms with van der Waals surface area (Å²) in [7, 11) is 1.55. The Morgan fingerprint density at radius 1 is 1.50 bits per heavy atom. The summed E-state index contributed by atoms with van der Waals surface area (Å²) in [6.07, 6.45) is 0. The molecule has 0 fully saturated rings. The Kier molecular flexibility index (Phi) is 3.81. The van der Waals surface area contributed by atoms with Crippen molar-refractivity contribution in [3.8, 4) is 17.0 Å². The third kappa shape index (κ3) is 2.45. The van der Waals surface area contributed by atoms with Gasteiger partial charge in [0.05, 0.1) is 12.8 Å². The molecule has 1 heterocycles. The molecule has 5 nitrogen and oxygen atoms in total. The summed E-state index contributed by atoms with van der Waals surface area (Å²) in [5.74, 6) is 5.30. The third-order valence-corrected chi connectivity index (χ3v) is 3.33. The number of carbonyl (C=O) groups excluding carboxylic acids is 1. The number of ether oxygens (including phenoxy) is 1. The molecule has 0 radical (unpaired) electrons. The van der Waals surface area contributed by atoms with E-state index in [1.807, 2.05) is 0 Å². The van der Waals surface area contributed by atoms with E-state index < -0.39 is 0 Å². The van der Waals surface area contributed by atoms with Gasteiger partial charge in [-0.3, -0.25) is 10.2 Å². The van der Waals surface area contributed by atoms with Gasteiger partial charge in [-0.05, 0) is 35.8 Å². The second kappa shape index (κ2) is 5.34. The zero-order valence-electron chi connectivity index (χ0n) is 9.44. The van der Waals surface area contributed by atoms with Gasteiger partial charge in [-0.1, -0.05) is 11.6 Å². The van der Waals surface area contributed by atoms with Crippen LogP contribution in [-0.4, -0.2) is 17.4 Å². The van der Waals surface area contributed by atoms with Crippen LogP contribution in [0.4, 0.5) is 0 Å². The average Bonchev–Trinajstić information content (AvgIpc) is 2.87. The number of nitrogens with zero attached hydrogens (tertiary/aromatic N) is 1. The van der Waals surface area contributed by atoms with Gasteiger partial charge in [0.15, 0.2) is 0 Å². The standard InChI is InChI=1S/C11H10ClN3O2S/c1-17-9-4-6(12)2-3-7(9)8-5-10(18-15-8)11(16)14-13/h2-5H,13H2,1H3,(H,14,16). The molecule has 0 atom stereocenters. The Morgan fingerprint density at radius 2 is 2.28 bits per heavy atom. The Morgan fingerprint density at radius 3 is 2.94 bits per heavy atom. The summed E-state index contributed by atoms with van der Waals surface area (Å²) in [4.78, 5) is 11.8. The van der Waals surface area contributed by atoms with Crippen molar-refractivity contribution in [3.05, 3.63) is 34.2 Å². The third-order valence-electron chi connectivity index (χ3n) is 2.30. The van der Waals surface area contributed by atoms with Crippen molar-refractivity contribution in [3.63, 3.8) is 0 Å². The van der Waals surface area contributed by atoms with Crippen LogP contribution in [0.3, 0.4) is 0 Å². The lowest BCUT2D eigenvalue weighted by atomic mass is 10.1. The van der Waals surface area contributed by atoms with Crippen LogP contribution in [0.25, 0.3) is 11.3 Å². The first-order valence-electron chi connectivity index (χ1n) is 4.97. The molecular weight excluding hydrogens is 274 g/mol. The molecule has 3 N–H and O–H groups in total. The van der Waals surface area contributed by atoms with Gasteiger partial charge < -0.3 is 4.74 Å². The van der Waals surface area contributed by atoms with Crippen molar-refractivity contribution in [1.82, 2.24) is 9.80 Å². The lowest BCUT2D eigenvalue weighted by molar-refractivity contribution is 0.0957. The minimum absolute atomic E-state index is 0.369. The van der Waals surface area contributed by atoms with Crippen LogP contribution < -0.4 is 16.0 Å². The number of hydrogen-bond donors (Lipinski definition) is 2. The zero-order valence-corrected chi connectivity index (χ0v) is 11.0. The number of rotatable bonds is 3. The van der Waals surface area contributed by atoms with Gasteiger partial charge in [-0.25, -0.2) is 5.84 Å². The number of nitrogens with two attached hydrogens (primary N) is 1. The van der Waals surface area contributed by atoms with Crippen LogP contribution in [0.5, 0.6) is 5.75 Å². The first-order chi connectivity index (χ1) is 8.65. The number of carbonyl (C=O) groups is 1. The first kappa shape index (κ1) is 12.8. The van der Waals surface area contributed by atoms with Crippen molar-refractivity contribution in [2.45, 2.75) is 0 Å². The molecule has 0 aliphatic heterocycles. The molecule has 94 valence electrons. The predicted molar refractivity (Wildman–Crippen MR) is 70.8 cm³/mol. The number of methoxy groups -OCH3 is 1. The maximum Gasteiger partial charge on any atom is 0.276 e. The summed E-state index contributed by atoms with van der Waals surface area (Å²) in [6, 6.07) is 6.87. The van der Waals surface area contributed by atoms with Gasteiger partial charge in [-0.15, -0.1) is 0 Å². The molecule has 0 aliphatic carbocycles. The molecule has 0 bridgehead atoms. The second-order valence-electron chi connectivity index (χ2n) is 3.39. The van der Waals surface area contributed by atoms with E-state index in [0.717, 1.165) is 17.1 Å². The van der Waals surface area contributed by atoms with E-state index in [1.54, 1.807) is 31.4 Å². The SMILES string of the molecule is COc1cc(Cl)ccc1-c1cc(C(=O)NN)sn1. The number of halogens is 1. The molecule has 0 spiro atoms. The van der Waals surface area contributed by atoms with E-state index in [0.29, 0.717) is 21.3 Å². The van der Waals surface area contributed by atoms with Crippen LogP contribution >= 0.6 is 23.1 Å². The summed E-state index contributed by atoms with van der Waals surface area (Å²) in [5, 5.41) is 0.575. The van der Waals surface area contributed by atoms with E-state index in [9.17, 15) is 4.79 Å². The minimum atomic E-state index is -0.369. The molecule has 0 saturated carbocycles. The van der Waals surface area contributed by atoms with Crippen LogP contribution in [0, 0.1) is 0 Å². The number of hydrogen-bond acceptors (Lipinski definition) is 5. The largest absolute Gasteiger partial charge is 0.496 e. The van der Waals surface area contributed by atoms with Gasteiger partial charge in [0, 0.05) is 10.6 Å². The minimum Gasteiger partial charge on any atom is -0.496 e. The molecule has 7 heteroatoms. The smallest absolute Gasteiger partial charge is 0.276 e. The van der Waals surface area contributed by atoms with E-state index in [-0.39, 0.29) is 5.91 Å². The van der Waals surface area contributed by atoms with Crippen molar-refractivity contribution in [2.24, 2.45) is 5.84 Å². The van der Waals surface area contributed by atoms with Crippen LogP contribution in [-0.2, 0) is 0 Å². The van der Waals surface area contributed by atoms with E-state index in [4.69, 9.17) is 22.2 Å². The highest BCUT2D eigenvalue weighted by Crippen LogP contribution is 2.32. The fraction of sp³-hybridized carbons (Fsp3) is 0.0909. The number of amides is 1. The predicted octanol–water partition coefficient (Wildman–Crippen LogP) is 2.08. The maximum atomic E-state index is 11.3. The number of benzene rings is 1. The number of nitrogen functional groups attached to an aromatic ring is 1. The van der Waals surface area contributed by atoms with Gasteiger partial charge in [-0.2, -0.15) is 4.37 Å². The fourth-order valence-electron chi connectivity index (χ4n) is 1.46. The molecular formula is C11H10ClN3O2S. The monoisotopic (exact) mass is 283 g/mol. The first-order valence-corrected chi connectivity index (χ1v) is 6.12. The maximum absolute atomic E-state index is 11.3. The number of nitrogens with one attached hydrogen (secondary N) is 1. The van der Waals surface area contributed by atoms with Crippen LogP contribution in [0.15, 0.2) is 24.3 Å². The van der Waals surface area contributed by atoms with Crippen LogP contribution in [0.1, 0.15) is 9.67 Å². The number of aromatic nitrogens is 1. The van der Waals surface area contributed by atoms with Gasteiger partial charge >= 0.3 is 0 Å². The van der Waals surface area contributed by atoms with Gasteiger partial charge in [0.2, 0.25) is 0 Å². The highest BCUT2D eigenvalue weighted by molar-refractivity contribution is 7.08. The van der Waals surface area contributed by atoms with Gasteiger partial charge in [0.25, 0.3) is 5.91 Å². The molecule has 2 rings (SSSR count). The quantitative estimate of drug-likeness (QED) is 0.514. The molecule has 1 aromatic heterocycles. The summed E-state index contributed by atoms with van der Waals surface area (Å²) in [6.45, 7) is 0. The molecule has 0 aliphatic rings. The van der Waals surface area contributed by atoms with E-state index in [2.05, 4.69) is 9.80 Å². The van der Waals surface area contributed by atoms with Crippen molar-refractivity contribution in [1.29, 1.82) is 0 Å². The molecule has 0 saturated heterocycles. The summed E-state index contributed by atoms with van der Waals surface area (Å²) in [5.41, 5.74) is 3.48. The van der Waals surface area contributed by atoms with Crippen molar-refractivity contribution >= 4 is 29.0 Å².